The average Bonchev–Trinajstić information content (AvgIpc) is 2.96. The minimum Gasteiger partial charge on any atom is -0.361 e. The minimum absolute atomic E-state index is 0.000233. The first-order valence-corrected chi connectivity index (χ1v) is 8.97. The summed E-state index contributed by atoms with van der Waals surface area (Å²) in [6.45, 7) is 4.92. The maximum atomic E-state index is 12.0. The third-order valence-corrected chi connectivity index (χ3v) is 4.30. The molecule has 3 N–H and O–H groups in total. The third kappa shape index (κ3) is 4.73. The van der Waals surface area contributed by atoms with Gasteiger partial charge in [-0.2, -0.15) is 0 Å². The Morgan fingerprint density at radius 2 is 1.92 bits per heavy atom. The quantitative estimate of drug-likeness (QED) is 0.594. The number of hydrogen-bond donors (Lipinski definition) is 3. The van der Waals surface area contributed by atoms with Crippen LogP contribution in [0.15, 0.2) is 30.5 Å². The molecule has 1 aromatic carbocycles. The van der Waals surface area contributed by atoms with Crippen LogP contribution in [0.2, 0.25) is 5.02 Å². The van der Waals surface area contributed by atoms with Crippen molar-refractivity contribution in [2.45, 2.75) is 26.7 Å². The molecule has 2 heterocycles. The normalized spacial score (nSPS) is 10.9. The number of carbonyl (C=O) groups is 1. The summed E-state index contributed by atoms with van der Waals surface area (Å²) >= 11 is 6.06. The molecule has 0 atom stereocenters. The van der Waals surface area contributed by atoms with Crippen molar-refractivity contribution in [3.05, 3.63) is 52.4 Å². The second-order valence-corrected chi connectivity index (χ2v) is 6.69. The second-order valence-electron chi connectivity index (χ2n) is 6.25. The summed E-state index contributed by atoms with van der Waals surface area (Å²) in [6, 6.07) is 7.67. The van der Waals surface area contributed by atoms with Crippen molar-refractivity contribution in [2.75, 3.05) is 18.4 Å². The second kappa shape index (κ2) is 8.19. The van der Waals surface area contributed by atoms with E-state index in [2.05, 4.69) is 25.6 Å². The van der Waals surface area contributed by atoms with Crippen LogP contribution in [-0.2, 0) is 11.2 Å². The lowest BCUT2D eigenvalue weighted by atomic mass is 10.1. The maximum absolute atomic E-state index is 12.0. The zero-order valence-corrected chi connectivity index (χ0v) is 15.7. The SMILES string of the molecule is Cc1cc(C)nc(NCCC(=O)NCCc2c[nH]c3ccc(Cl)cc23)n1. The monoisotopic (exact) mass is 371 g/mol. The molecule has 3 rings (SSSR count). The molecule has 0 aliphatic rings. The topological polar surface area (TPSA) is 82.7 Å². The van der Waals surface area contributed by atoms with Gasteiger partial charge in [-0.15, -0.1) is 0 Å². The van der Waals surface area contributed by atoms with Gasteiger partial charge in [0.1, 0.15) is 0 Å². The molecule has 0 radical (unpaired) electrons. The molecule has 0 aliphatic carbocycles. The van der Waals surface area contributed by atoms with Gasteiger partial charge in [0.05, 0.1) is 0 Å². The first-order chi connectivity index (χ1) is 12.5. The van der Waals surface area contributed by atoms with Crippen molar-refractivity contribution in [3.8, 4) is 0 Å². The Hall–Kier alpha value is -2.60. The highest BCUT2D eigenvalue weighted by Crippen LogP contribution is 2.22. The van der Waals surface area contributed by atoms with Crippen LogP contribution in [0, 0.1) is 13.8 Å². The molecule has 0 spiro atoms. The number of rotatable bonds is 7. The van der Waals surface area contributed by atoms with Gasteiger partial charge >= 0.3 is 0 Å². The number of aromatic amines is 1. The van der Waals surface area contributed by atoms with Gasteiger partial charge in [0, 0.05) is 53.0 Å². The standard InChI is InChI=1S/C19H22ClN5O/c1-12-9-13(2)25-19(24-12)22-8-6-18(26)21-7-5-14-11-23-17-4-3-15(20)10-16(14)17/h3-4,9-11,23H,5-8H2,1-2H3,(H,21,26)(H,22,24,25). The number of fused-ring (bicyclic) bond motifs is 1. The predicted molar refractivity (Wildman–Crippen MR) is 105 cm³/mol. The van der Waals surface area contributed by atoms with Crippen molar-refractivity contribution in [3.63, 3.8) is 0 Å². The van der Waals surface area contributed by atoms with E-state index in [9.17, 15) is 4.79 Å². The van der Waals surface area contributed by atoms with Gasteiger partial charge in [0.2, 0.25) is 11.9 Å². The molecule has 0 aliphatic heterocycles. The number of aryl methyl sites for hydroxylation is 2. The van der Waals surface area contributed by atoms with Gasteiger partial charge in [0.25, 0.3) is 0 Å². The summed E-state index contributed by atoms with van der Waals surface area (Å²) in [6.07, 6.45) is 3.09. The van der Waals surface area contributed by atoms with Gasteiger partial charge in [-0.05, 0) is 50.1 Å². The lowest BCUT2D eigenvalue weighted by Crippen LogP contribution is -2.27. The van der Waals surface area contributed by atoms with Crippen molar-refractivity contribution >= 4 is 34.4 Å². The lowest BCUT2D eigenvalue weighted by molar-refractivity contribution is -0.120. The lowest BCUT2D eigenvalue weighted by Gasteiger charge is -2.07. The Bertz CT molecular complexity index is 901. The molecule has 0 bridgehead atoms. The van der Waals surface area contributed by atoms with Crippen LogP contribution in [0.4, 0.5) is 5.95 Å². The molecule has 0 saturated heterocycles. The number of halogens is 1. The molecule has 26 heavy (non-hydrogen) atoms. The van der Waals surface area contributed by atoms with Gasteiger partial charge in [-0.1, -0.05) is 11.6 Å². The Kier molecular flexibility index (Phi) is 5.73. The summed E-state index contributed by atoms with van der Waals surface area (Å²) in [7, 11) is 0. The molecule has 136 valence electrons. The van der Waals surface area contributed by atoms with E-state index in [-0.39, 0.29) is 5.91 Å². The van der Waals surface area contributed by atoms with E-state index in [4.69, 9.17) is 11.6 Å². The van der Waals surface area contributed by atoms with Gasteiger partial charge in [-0.3, -0.25) is 4.79 Å². The van der Waals surface area contributed by atoms with Crippen LogP contribution in [0.3, 0.4) is 0 Å². The highest BCUT2D eigenvalue weighted by molar-refractivity contribution is 6.31. The smallest absolute Gasteiger partial charge is 0.223 e. The number of H-pyrrole nitrogens is 1. The van der Waals surface area contributed by atoms with E-state index in [1.165, 1.54) is 0 Å². The molecule has 7 heteroatoms. The first-order valence-electron chi connectivity index (χ1n) is 8.59. The molecule has 6 nitrogen and oxygen atoms in total. The van der Waals surface area contributed by atoms with Crippen LogP contribution >= 0.6 is 11.6 Å². The highest BCUT2D eigenvalue weighted by atomic mass is 35.5. The number of hydrogen-bond acceptors (Lipinski definition) is 4. The number of nitrogens with one attached hydrogen (secondary N) is 3. The van der Waals surface area contributed by atoms with E-state index >= 15 is 0 Å². The molecule has 2 aromatic heterocycles. The first kappa shape index (κ1) is 18.2. The number of benzene rings is 1. The van der Waals surface area contributed by atoms with Crippen LogP contribution < -0.4 is 10.6 Å². The molecule has 0 unspecified atom stereocenters. The van der Waals surface area contributed by atoms with Gasteiger partial charge in [0.15, 0.2) is 0 Å². The Labute approximate surface area is 157 Å². The van der Waals surface area contributed by atoms with E-state index < -0.39 is 0 Å². The van der Waals surface area contributed by atoms with E-state index in [1.807, 2.05) is 44.3 Å². The van der Waals surface area contributed by atoms with Crippen LogP contribution in [-0.4, -0.2) is 33.9 Å². The zero-order valence-electron chi connectivity index (χ0n) is 14.9. The fourth-order valence-corrected chi connectivity index (χ4v) is 3.05. The van der Waals surface area contributed by atoms with Crippen LogP contribution in [0.5, 0.6) is 0 Å². The molecule has 0 saturated carbocycles. The Morgan fingerprint density at radius 3 is 2.69 bits per heavy atom. The molecule has 3 aromatic rings. The highest BCUT2D eigenvalue weighted by Gasteiger charge is 2.06. The number of anilines is 1. The molecule has 0 fully saturated rings. The van der Waals surface area contributed by atoms with Crippen molar-refractivity contribution in [1.82, 2.24) is 20.3 Å². The third-order valence-electron chi connectivity index (χ3n) is 4.06. The maximum Gasteiger partial charge on any atom is 0.223 e. The minimum atomic E-state index is -0.000233. The van der Waals surface area contributed by atoms with Crippen molar-refractivity contribution in [1.29, 1.82) is 0 Å². The zero-order chi connectivity index (χ0) is 18.5. The average molecular weight is 372 g/mol. The fraction of sp³-hybridized carbons (Fsp3) is 0.316. The number of nitrogens with zero attached hydrogens (tertiary/aromatic N) is 2. The molecule has 1 amide bonds. The Morgan fingerprint density at radius 1 is 1.15 bits per heavy atom. The van der Waals surface area contributed by atoms with E-state index in [0.717, 1.165) is 34.3 Å². The summed E-state index contributed by atoms with van der Waals surface area (Å²) in [5.74, 6) is 0.561. The number of carbonyl (C=O) groups excluding carboxylic acids is 1. The predicted octanol–water partition coefficient (Wildman–Crippen LogP) is 3.39. The van der Waals surface area contributed by atoms with Gasteiger partial charge < -0.3 is 15.6 Å². The van der Waals surface area contributed by atoms with E-state index in [0.29, 0.717) is 30.5 Å². The summed E-state index contributed by atoms with van der Waals surface area (Å²) in [5, 5.41) is 7.84. The summed E-state index contributed by atoms with van der Waals surface area (Å²) in [5.41, 5.74) is 4.00. The summed E-state index contributed by atoms with van der Waals surface area (Å²) in [4.78, 5) is 23.8. The Balaban J connectivity index is 1.43. The summed E-state index contributed by atoms with van der Waals surface area (Å²) < 4.78 is 0. The number of amides is 1. The fourth-order valence-electron chi connectivity index (χ4n) is 2.88. The van der Waals surface area contributed by atoms with Gasteiger partial charge in [-0.25, -0.2) is 9.97 Å². The molecular weight excluding hydrogens is 350 g/mol. The van der Waals surface area contributed by atoms with Crippen molar-refractivity contribution < 1.29 is 4.79 Å². The number of aromatic nitrogens is 3. The van der Waals surface area contributed by atoms with Crippen LogP contribution in [0.25, 0.3) is 10.9 Å². The van der Waals surface area contributed by atoms with E-state index in [1.54, 1.807) is 0 Å². The largest absolute Gasteiger partial charge is 0.361 e. The van der Waals surface area contributed by atoms with Crippen molar-refractivity contribution in [2.24, 2.45) is 0 Å². The molecular formula is C19H22ClN5O. The van der Waals surface area contributed by atoms with Crippen LogP contribution in [0.1, 0.15) is 23.4 Å².